The van der Waals surface area contributed by atoms with Gasteiger partial charge in [-0.1, -0.05) is 31.2 Å². The zero-order valence-electron chi connectivity index (χ0n) is 18.0. The van der Waals surface area contributed by atoms with Crippen molar-refractivity contribution in [3.63, 3.8) is 0 Å². The molecular formula is C24H29N3O3S. The number of carbonyl (C=O) groups is 1. The van der Waals surface area contributed by atoms with Gasteiger partial charge in [0.2, 0.25) is 15.9 Å². The van der Waals surface area contributed by atoms with Crippen molar-refractivity contribution >= 4 is 26.8 Å². The van der Waals surface area contributed by atoms with Crippen LogP contribution in [0, 0.1) is 0 Å². The first-order valence-corrected chi connectivity index (χ1v) is 12.3. The fourth-order valence-corrected chi connectivity index (χ4v) is 5.63. The fourth-order valence-electron chi connectivity index (χ4n) is 4.07. The van der Waals surface area contributed by atoms with E-state index >= 15 is 0 Å². The fraction of sp³-hybridized carbons (Fsp3) is 0.375. The molecule has 2 aromatic carbocycles. The smallest absolute Gasteiger partial charge is 0.243 e. The van der Waals surface area contributed by atoms with Gasteiger partial charge >= 0.3 is 0 Å². The van der Waals surface area contributed by atoms with E-state index in [0.717, 1.165) is 35.7 Å². The summed E-state index contributed by atoms with van der Waals surface area (Å²) in [7, 11) is -3.46. The number of hydrogen-bond acceptors (Lipinski definition) is 3. The number of amides is 1. The number of aromatic nitrogens is 1. The normalized spacial score (nSPS) is 15.9. The second-order valence-corrected chi connectivity index (χ2v) is 10.1. The highest BCUT2D eigenvalue weighted by atomic mass is 32.2. The van der Waals surface area contributed by atoms with Crippen LogP contribution in [0.2, 0.25) is 0 Å². The highest BCUT2D eigenvalue weighted by Crippen LogP contribution is 2.27. The van der Waals surface area contributed by atoms with Gasteiger partial charge in [-0.05, 0) is 61.6 Å². The molecule has 1 atom stereocenters. The molecule has 1 aromatic heterocycles. The van der Waals surface area contributed by atoms with Gasteiger partial charge in [0.15, 0.2) is 0 Å². The van der Waals surface area contributed by atoms with Crippen molar-refractivity contribution < 1.29 is 13.2 Å². The topological polar surface area (TPSA) is 71.4 Å². The lowest BCUT2D eigenvalue weighted by Crippen LogP contribution is -2.30. The third-order valence-electron chi connectivity index (χ3n) is 6.09. The number of sulfonamides is 1. The standard InChI is InChI=1S/C24H29N3O3S/c1-3-19-6-8-20(9-7-19)17-25-24(28)18(2)27-15-12-21-16-22(10-11-23(21)27)31(29,30)26-13-4-5-14-26/h6-12,15-16,18H,3-5,13-14,17H2,1-2H3,(H,25,28). The number of benzene rings is 2. The molecule has 2 heterocycles. The van der Waals surface area contributed by atoms with Gasteiger partial charge in [-0.25, -0.2) is 8.42 Å². The quantitative estimate of drug-likeness (QED) is 0.608. The Kier molecular flexibility index (Phi) is 6.16. The number of nitrogens with zero attached hydrogens (tertiary/aromatic N) is 2. The maximum atomic E-state index is 12.8. The van der Waals surface area contributed by atoms with Crippen LogP contribution in [0.25, 0.3) is 10.9 Å². The minimum atomic E-state index is -3.46. The molecule has 1 aliphatic heterocycles. The van der Waals surface area contributed by atoms with Gasteiger partial charge in [-0.3, -0.25) is 4.79 Å². The van der Waals surface area contributed by atoms with E-state index in [-0.39, 0.29) is 5.91 Å². The maximum absolute atomic E-state index is 12.8. The van der Waals surface area contributed by atoms with Gasteiger partial charge in [-0.2, -0.15) is 4.31 Å². The summed E-state index contributed by atoms with van der Waals surface area (Å²) in [6.07, 6.45) is 4.66. The Bertz CT molecular complexity index is 1180. The summed E-state index contributed by atoms with van der Waals surface area (Å²) in [5, 5.41) is 3.81. The third kappa shape index (κ3) is 4.38. The molecule has 1 saturated heterocycles. The van der Waals surface area contributed by atoms with E-state index < -0.39 is 16.1 Å². The number of carbonyl (C=O) groups excluding carboxylic acids is 1. The second-order valence-electron chi connectivity index (χ2n) is 8.12. The molecule has 6 nitrogen and oxygen atoms in total. The summed E-state index contributed by atoms with van der Waals surface area (Å²) in [5.41, 5.74) is 3.18. The van der Waals surface area contributed by atoms with Gasteiger partial charge < -0.3 is 9.88 Å². The van der Waals surface area contributed by atoms with Crippen molar-refractivity contribution in [3.8, 4) is 0 Å². The zero-order chi connectivity index (χ0) is 22.0. The number of nitrogens with one attached hydrogen (secondary N) is 1. The summed E-state index contributed by atoms with van der Waals surface area (Å²) in [6, 6.07) is 14.8. The Morgan fingerprint density at radius 1 is 1.03 bits per heavy atom. The van der Waals surface area contributed by atoms with E-state index in [1.54, 1.807) is 22.5 Å². The van der Waals surface area contributed by atoms with E-state index in [1.807, 2.05) is 35.9 Å². The summed E-state index contributed by atoms with van der Waals surface area (Å²) in [5.74, 6) is -0.0779. The molecule has 0 aliphatic carbocycles. The van der Waals surface area contributed by atoms with Gasteiger partial charge in [0, 0.05) is 36.7 Å². The molecule has 31 heavy (non-hydrogen) atoms. The lowest BCUT2D eigenvalue weighted by atomic mass is 10.1. The number of rotatable bonds is 7. The summed E-state index contributed by atoms with van der Waals surface area (Å²) >= 11 is 0. The monoisotopic (exact) mass is 439 g/mol. The van der Waals surface area contributed by atoms with Crippen molar-refractivity contribution in [3.05, 3.63) is 65.9 Å². The highest BCUT2D eigenvalue weighted by molar-refractivity contribution is 7.89. The predicted octanol–water partition coefficient (Wildman–Crippen LogP) is 3.87. The molecule has 1 N–H and O–H groups in total. The summed E-state index contributed by atoms with van der Waals surface area (Å²) < 4.78 is 29.1. The number of hydrogen-bond donors (Lipinski definition) is 1. The molecule has 1 unspecified atom stereocenters. The average Bonchev–Trinajstić information content (AvgIpc) is 3.47. The Morgan fingerprint density at radius 2 is 1.71 bits per heavy atom. The minimum Gasteiger partial charge on any atom is -0.350 e. The maximum Gasteiger partial charge on any atom is 0.243 e. The van der Waals surface area contributed by atoms with Gasteiger partial charge in [0.05, 0.1) is 4.90 Å². The first-order chi connectivity index (χ1) is 14.9. The summed E-state index contributed by atoms with van der Waals surface area (Å²) in [4.78, 5) is 13.1. The Hall–Kier alpha value is -2.64. The highest BCUT2D eigenvalue weighted by Gasteiger charge is 2.27. The van der Waals surface area contributed by atoms with E-state index in [9.17, 15) is 13.2 Å². The zero-order valence-corrected chi connectivity index (χ0v) is 18.9. The molecule has 0 bridgehead atoms. The number of fused-ring (bicyclic) bond motifs is 1. The molecule has 0 spiro atoms. The molecule has 164 valence electrons. The van der Waals surface area contributed by atoms with Gasteiger partial charge in [-0.15, -0.1) is 0 Å². The Morgan fingerprint density at radius 3 is 2.39 bits per heavy atom. The van der Waals surface area contributed by atoms with Crippen LogP contribution in [0.5, 0.6) is 0 Å². The van der Waals surface area contributed by atoms with E-state index in [4.69, 9.17) is 0 Å². The molecule has 0 saturated carbocycles. The minimum absolute atomic E-state index is 0.0779. The van der Waals surface area contributed by atoms with Gasteiger partial charge in [0.25, 0.3) is 0 Å². The Balaban J connectivity index is 1.48. The molecule has 1 aliphatic rings. The van der Waals surface area contributed by atoms with Crippen LogP contribution in [-0.4, -0.2) is 36.3 Å². The first kappa shape index (κ1) is 21.6. The van der Waals surface area contributed by atoms with Crippen molar-refractivity contribution in [2.45, 2.75) is 50.6 Å². The van der Waals surface area contributed by atoms with Crippen LogP contribution in [-0.2, 0) is 27.8 Å². The SMILES string of the molecule is CCc1ccc(CNC(=O)C(C)n2ccc3cc(S(=O)(=O)N4CCCC4)ccc32)cc1. The summed E-state index contributed by atoms with van der Waals surface area (Å²) in [6.45, 7) is 5.61. The van der Waals surface area contributed by atoms with E-state index in [2.05, 4.69) is 24.4 Å². The molecule has 0 radical (unpaired) electrons. The number of aryl methyl sites for hydroxylation is 1. The van der Waals surface area contributed by atoms with Crippen molar-refractivity contribution in [2.24, 2.45) is 0 Å². The second kappa shape index (κ2) is 8.85. The van der Waals surface area contributed by atoms with Crippen molar-refractivity contribution in [2.75, 3.05) is 13.1 Å². The van der Waals surface area contributed by atoms with E-state index in [1.165, 1.54) is 5.56 Å². The molecule has 4 rings (SSSR count). The predicted molar refractivity (Wildman–Crippen MR) is 122 cm³/mol. The third-order valence-corrected chi connectivity index (χ3v) is 7.98. The molecule has 1 amide bonds. The first-order valence-electron chi connectivity index (χ1n) is 10.9. The molecular weight excluding hydrogens is 410 g/mol. The largest absolute Gasteiger partial charge is 0.350 e. The van der Waals surface area contributed by atoms with Crippen LogP contribution >= 0.6 is 0 Å². The van der Waals surface area contributed by atoms with Crippen LogP contribution in [0.3, 0.4) is 0 Å². The van der Waals surface area contributed by atoms with Crippen LogP contribution in [0.1, 0.15) is 43.9 Å². The average molecular weight is 440 g/mol. The lowest BCUT2D eigenvalue weighted by molar-refractivity contribution is -0.123. The van der Waals surface area contributed by atoms with Crippen LogP contribution < -0.4 is 5.32 Å². The van der Waals surface area contributed by atoms with Gasteiger partial charge in [0.1, 0.15) is 6.04 Å². The Labute approximate surface area is 183 Å². The lowest BCUT2D eigenvalue weighted by Gasteiger charge is -2.17. The molecule has 7 heteroatoms. The van der Waals surface area contributed by atoms with Crippen LogP contribution in [0.4, 0.5) is 0 Å². The van der Waals surface area contributed by atoms with Crippen LogP contribution in [0.15, 0.2) is 59.6 Å². The molecule has 1 fully saturated rings. The molecule has 3 aromatic rings. The van der Waals surface area contributed by atoms with Crippen molar-refractivity contribution in [1.29, 1.82) is 0 Å². The van der Waals surface area contributed by atoms with E-state index in [0.29, 0.717) is 24.5 Å². The van der Waals surface area contributed by atoms with Crippen molar-refractivity contribution in [1.82, 2.24) is 14.2 Å².